The summed E-state index contributed by atoms with van der Waals surface area (Å²) in [4.78, 5) is 21.5. The summed E-state index contributed by atoms with van der Waals surface area (Å²) in [7, 11) is -4.08. The third-order valence-corrected chi connectivity index (χ3v) is 11.4. The maximum Gasteiger partial charge on any atom is 0.268 e. The Morgan fingerprint density at radius 3 is 2.44 bits per heavy atom. The smallest absolute Gasteiger partial charge is 0.268 e. The van der Waals surface area contributed by atoms with Crippen molar-refractivity contribution in [2.24, 2.45) is 5.41 Å². The summed E-state index contributed by atoms with van der Waals surface area (Å²) in [6.45, 7) is 9.03. The van der Waals surface area contributed by atoms with Gasteiger partial charge in [-0.05, 0) is 96.5 Å². The van der Waals surface area contributed by atoms with Gasteiger partial charge in [0.25, 0.3) is 15.9 Å². The van der Waals surface area contributed by atoms with Gasteiger partial charge in [0.1, 0.15) is 11.5 Å². The average molecular weight is 709 g/mol. The van der Waals surface area contributed by atoms with Gasteiger partial charge in [0, 0.05) is 66.6 Å². The lowest BCUT2D eigenvalue weighted by atomic mass is 9.72. The lowest BCUT2D eigenvalue weighted by Gasteiger charge is -2.39. The predicted molar refractivity (Wildman–Crippen MR) is 201 cm³/mol. The predicted octanol–water partition coefficient (Wildman–Crippen LogP) is 8.52. The normalized spacial score (nSPS) is 16.8. The second-order valence-electron chi connectivity index (χ2n) is 14.0. The number of amides is 1. The van der Waals surface area contributed by atoms with Crippen LogP contribution in [0.2, 0.25) is 5.02 Å². The maximum absolute atomic E-state index is 13.5. The molecule has 0 bridgehead atoms. The highest BCUT2D eigenvalue weighted by molar-refractivity contribution is 7.90. The third-order valence-electron chi connectivity index (χ3n) is 9.77. The summed E-state index contributed by atoms with van der Waals surface area (Å²) in [5.41, 5.74) is 6.48. The van der Waals surface area contributed by atoms with Crippen molar-refractivity contribution in [3.05, 3.63) is 125 Å². The number of hydrogen-bond donors (Lipinski definition) is 2. The molecular weight excluding hydrogens is 668 g/mol. The number of piperazine rings is 1. The second-order valence-corrected chi connectivity index (χ2v) is 16.1. The van der Waals surface area contributed by atoms with Crippen LogP contribution in [0.15, 0.2) is 114 Å². The number of halogens is 1. The molecule has 8 nitrogen and oxygen atoms in total. The van der Waals surface area contributed by atoms with Gasteiger partial charge in [-0.3, -0.25) is 9.69 Å². The molecule has 0 atom stereocenters. The fourth-order valence-corrected chi connectivity index (χ4v) is 8.05. The average Bonchev–Trinajstić information content (AvgIpc) is 3.58. The van der Waals surface area contributed by atoms with Crippen molar-refractivity contribution < 1.29 is 17.9 Å². The number of hydrogen-bond acceptors (Lipinski definition) is 6. The topological polar surface area (TPSA) is 94.7 Å². The highest BCUT2D eigenvalue weighted by Gasteiger charge is 2.30. The molecule has 258 valence electrons. The number of anilines is 1. The van der Waals surface area contributed by atoms with E-state index in [9.17, 15) is 13.2 Å². The van der Waals surface area contributed by atoms with Gasteiger partial charge in [0.2, 0.25) is 0 Å². The minimum atomic E-state index is -4.08. The van der Waals surface area contributed by atoms with Gasteiger partial charge in [0.15, 0.2) is 0 Å². The van der Waals surface area contributed by atoms with Crippen molar-refractivity contribution >= 4 is 49.7 Å². The van der Waals surface area contributed by atoms with Gasteiger partial charge in [-0.2, -0.15) is 0 Å². The summed E-state index contributed by atoms with van der Waals surface area (Å²) in [6.07, 6.45) is 5.16. The molecule has 1 aliphatic carbocycles. The van der Waals surface area contributed by atoms with Gasteiger partial charge < -0.3 is 14.6 Å². The Morgan fingerprint density at radius 1 is 0.920 bits per heavy atom. The Morgan fingerprint density at radius 2 is 1.68 bits per heavy atom. The van der Waals surface area contributed by atoms with Crippen molar-refractivity contribution in [3.63, 3.8) is 0 Å². The summed E-state index contributed by atoms with van der Waals surface area (Å²) in [5.74, 6) is 0.0611. The van der Waals surface area contributed by atoms with Crippen LogP contribution < -0.4 is 14.4 Å². The van der Waals surface area contributed by atoms with Crippen molar-refractivity contribution in [1.82, 2.24) is 14.6 Å². The molecule has 4 aromatic carbocycles. The second kappa shape index (κ2) is 14.0. The number of fused-ring (bicyclic) bond motifs is 1. The molecule has 7 rings (SSSR count). The van der Waals surface area contributed by atoms with E-state index in [-0.39, 0.29) is 21.6 Å². The molecule has 10 heteroatoms. The van der Waals surface area contributed by atoms with Gasteiger partial charge in [0.05, 0.1) is 10.5 Å². The Bertz CT molecular complexity index is 2150. The molecule has 2 heterocycles. The van der Waals surface area contributed by atoms with Crippen molar-refractivity contribution in [3.8, 4) is 11.5 Å². The molecule has 2 aliphatic rings. The van der Waals surface area contributed by atoms with E-state index in [0.29, 0.717) is 5.75 Å². The summed E-state index contributed by atoms with van der Waals surface area (Å²) in [5, 5.41) is 1.71. The molecule has 5 aromatic rings. The monoisotopic (exact) mass is 708 g/mol. The number of benzene rings is 4. The van der Waals surface area contributed by atoms with Crippen molar-refractivity contribution in [2.45, 2.75) is 38.0 Å². The molecule has 0 spiro atoms. The molecule has 50 heavy (non-hydrogen) atoms. The van der Waals surface area contributed by atoms with Gasteiger partial charge in [-0.15, -0.1) is 0 Å². The first-order valence-corrected chi connectivity index (χ1v) is 18.8. The Labute approximate surface area is 298 Å². The highest BCUT2D eigenvalue weighted by atomic mass is 35.5. The van der Waals surface area contributed by atoms with Crippen LogP contribution in [-0.4, -0.2) is 56.9 Å². The van der Waals surface area contributed by atoms with E-state index in [0.717, 1.165) is 67.2 Å². The Hall–Kier alpha value is -4.57. The standard InChI is InChI=1S/C40H41ClN4O4S/c1-40(2)18-16-30(36(26-40)28-8-10-31(41)11-9-28)27-44-20-22-45(23-21-44)32-12-14-35(39(46)43-50(47,48)34-6-4-3-5-7-34)38(25-32)49-33-13-15-37-29(24-33)17-19-42-37/h3-15,17,19,24-25,42H,16,18,20-23,26-27H2,1-2H3,(H,43,46). The van der Waals surface area contributed by atoms with Crippen LogP contribution in [0.3, 0.4) is 0 Å². The van der Waals surface area contributed by atoms with E-state index in [1.165, 1.54) is 35.3 Å². The van der Waals surface area contributed by atoms with Crippen LogP contribution in [0.5, 0.6) is 11.5 Å². The number of nitrogens with zero attached hydrogens (tertiary/aromatic N) is 2. The van der Waals surface area contributed by atoms with E-state index >= 15 is 0 Å². The number of sulfonamides is 1. The van der Waals surface area contributed by atoms with E-state index in [4.69, 9.17) is 16.3 Å². The van der Waals surface area contributed by atoms with Crippen LogP contribution in [-0.2, 0) is 10.0 Å². The van der Waals surface area contributed by atoms with E-state index < -0.39 is 15.9 Å². The van der Waals surface area contributed by atoms with Gasteiger partial charge in [-0.1, -0.05) is 61.4 Å². The number of rotatable bonds is 9. The van der Waals surface area contributed by atoms with Crippen LogP contribution in [0, 0.1) is 5.41 Å². The van der Waals surface area contributed by atoms with Crippen LogP contribution in [0.1, 0.15) is 49.0 Å². The van der Waals surface area contributed by atoms with Crippen molar-refractivity contribution in [1.29, 1.82) is 0 Å². The zero-order valence-electron chi connectivity index (χ0n) is 28.3. The van der Waals surface area contributed by atoms with Crippen LogP contribution in [0.25, 0.3) is 16.5 Å². The first-order valence-electron chi connectivity index (χ1n) is 17.0. The Balaban J connectivity index is 1.11. The quantitative estimate of drug-likeness (QED) is 0.160. The number of nitrogens with one attached hydrogen (secondary N) is 2. The SMILES string of the molecule is CC1(C)CCC(CN2CCN(c3ccc(C(=O)NS(=O)(=O)c4ccccc4)c(Oc4ccc5[nH]ccc5c4)c3)CC2)=C(c2ccc(Cl)cc2)C1. The number of ether oxygens (including phenoxy) is 1. The molecule has 1 aromatic heterocycles. The van der Waals surface area contributed by atoms with Crippen LogP contribution >= 0.6 is 11.6 Å². The molecule has 0 unspecified atom stereocenters. The minimum absolute atomic E-state index is 0.0104. The molecule has 1 amide bonds. The number of allylic oxidation sites excluding steroid dienone is 1. The number of aromatic amines is 1. The first kappa shape index (κ1) is 33.9. The zero-order chi connectivity index (χ0) is 34.9. The highest BCUT2D eigenvalue weighted by Crippen LogP contribution is 2.43. The zero-order valence-corrected chi connectivity index (χ0v) is 29.9. The molecule has 1 fully saturated rings. The van der Waals surface area contributed by atoms with Gasteiger partial charge >= 0.3 is 0 Å². The molecule has 0 radical (unpaired) electrons. The van der Waals surface area contributed by atoms with Crippen LogP contribution in [0.4, 0.5) is 5.69 Å². The van der Waals surface area contributed by atoms with Gasteiger partial charge in [-0.25, -0.2) is 13.1 Å². The molecular formula is C40H41ClN4O4S. The largest absolute Gasteiger partial charge is 0.456 e. The summed E-state index contributed by atoms with van der Waals surface area (Å²) < 4.78 is 34.6. The van der Waals surface area contributed by atoms with Crippen molar-refractivity contribution in [2.75, 3.05) is 37.6 Å². The molecule has 1 saturated heterocycles. The van der Waals surface area contributed by atoms with E-state index in [2.05, 4.69) is 45.5 Å². The van der Waals surface area contributed by atoms with E-state index in [1.54, 1.807) is 24.3 Å². The molecule has 2 N–H and O–H groups in total. The summed E-state index contributed by atoms with van der Waals surface area (Å²) >= 11 is 6.22. The van der Waals surface area contributed by atoms with E-state index in [1.807, 2.05) is 54.7 Å². The maximum atomic E-state index is 13.5. The number of H-pyrrole nitrogens is 1. The molecule has 1 aliphatic heterocycles. The lowest BCUT2D eigenvalue weighted by Crippen LogP contribution is -2.47. The fourth-order valence-electron chi connectivity index (χ4n) is 6.94. The molecule has 0 saturated carbocycles. The number of carbonyl (C=O) groups is 1. The third kappa shape index (κ3) is 7.60. The Kier molecular flexibility index (Phi) is 9.48. The lowest BCUT2D eigenvalue weighted by molar-refractivity contribution is 0.0979. The fraction of sp³-hybridized carbons (Fsp3) is 0.275. The summed E-state index contributed by atoms with van der Waals surface area (Å²) in [6, 6.07) is 29.0. The minimum Gasteiger partial charge on any atom is -0.456 e. The first-order chi connectivity index (χ1) is 24.0. The number of carbonyl (C=O) groups excluding carboxylic acids is 1. The number of aromatic nitrogens is 1.